The Balaban J connectivity index is 1.64. The Labute approximate surface area is 177 Å². The average Bonchev–Trinajstić information content (AvgIpc) is 3.33. The van der Waals surface area contributed by atoms with Crippen molar-refractivity contribution in [2.45, 2.75) is 18.8 Å². The highest BCUT2D eigenvalue weighted by Gasteiger charge is 2.22. The van der Waals surface area contributed by atoms with Crippen LogP contribution in [0.2, 0.25) is 10.0 Å². The van der Waals surface area contributed by atoms with Crippen LogP contribution in [0.1, 0.15) is 29.0 Å². The van der Waals surface area contributed by atoms with Gasteiger partial charge in [-0.25, -0.2) is 9.97 Å². The van der Waals surface area contributed by atoms with E-state index in [9.17, 15) is 0 Å². The van der Waals surface area contributed by atoms with E-state index in [1.807, 2.05) is 30.6 Å². The zero-order valence-electron chi connectivity index (χ0n) is 15.5. The molecule has 0 unspecified atom stereocenters. The number of hydrogen-bond acceptors (Lipinski definition) is 2. The third-order valence-corrected chi connectivity index (χ3v) is 5.79. The lowest BCUT2D eigenvalue weighted by Crippen LogP contribution is -2.02. The first-order valence-electron chi connectivity index (χ1n) is 9.48. The van der Waals surface area contributed by atoms with Crippen molar-refractivity contribution >= 4 is 45.3 Å². The molecule has 1 aromatic carbocycles. The van der Waals surface area contributed by atoms with E-state index in [-0.39, 0.29) is 5.92 Å². The van der Waals surface area contributed by atoms with Crippen molar-refractivity contribution in [1.29, 1.82) is 0 Å². The second-order valence-corrected chi connectivity index (χ2v) is 8.04. The number of halogens is 2. The van der Waals surface area contributed by atoms with E-state index >= 15 is 0 Å². The number of nitrogens with one attached hydrogen (secondary N) is 2. The number of fused-ring (bicyclic) bond motifs is 2. The molecule has 0 saturated heterocycles. The summed E-state index contributed by atoms with van der Waals surface area (Å²) in [5.74, 6) is 0.137. The zero-order chi connectivity index (χ0) is 19.8. The summed E-state index contributed by atoms with van der Waals surface area (Å²) in [6, 6.07) is 14.5. The fraction of sp³-hybridized carbons (Fsp3) is 0.130. The molecule has 0 saturated carbocycles. The first kappa shape index (κ1) is 18.2. The third-order valence-electron chi connectivity index (χ3n) is 5.37. The standard InChI is InChI=1S/C23H18Cl2N4/c24-15-8-18-20(12-28-22(18)26-10-15)17(7-6-14-4-2-1-3-5-14)21-13-29-23-19(21)9-16(25)11-27-23/h1-5,8-13,17H,6-7H2,(H,26,28)(H,27,29). The summed E-state index contributed by atoms with van der Waals surface area (Å²) in [5.41, 5.74) is 5.33. The number of pyridine rings is 2. The van der Waals surface area contributed by atoms with Crippen LogP contribution in [0.25, 0.3) is 22.1 Å². The van der Waals surface area contributed by atoms with Crippen molar-refractivity contribution in [3.8, 4) is 0 Å². The van der Waals surface area contributed by atoms with Gasteiger partial charge in [-0.3, -0.25) is 0 Å². The van der Waals surface area contributed by atoms with E-state index in [4.69, 9.17) is 23.2 Å². The van der Waals surface area contributed by atoms with Gasteiger partial charge in [0.2, 0.25) is 0 Å². The maximum Gasteiger partial charge on any atom is 0.137 e. The fourth-order valence-corrected chi connectivity index (χ4v) is 4.32. The maximum atomic E-state index is 6.26. The van der Waals surface area contributed by atoms with E-state index in [0.29, 0.717) is 10.0 Å². The Hall–Kier alpha value is -2.82. The molecule has 0 spiro atoms. The normalized spacial score (nSPS) is 11.7. The minimum absolute atomic E-state index is 0.137. The summed E-state index contributed by atoms with van der Waals surface area (Å²) in [6.45, 7) is 0. The van der Waals surface area contributed by atoms with Crippen molar-refractivity contribution < 1.29 is 0 Å². The lowest BCUT2D eigenvalue weighted by molar-refractivity contribution is 0.724. The summed E-state index contributed by atoms with van der Waals surface area (Å²) in [7, 11) is 0. The van der Waals surface area contributed by atoms with Crippen LogP contribution in [0.15, 0.2) is 67.3 Å². The second-order valence-electron chi connectivity index (χ2n) is 7.16. The number of H-pyrrole nitrogens is 2. The Bertz CT molecular complexity index is 1210. The minimum Gasteiger partial charge on any atom is -0.346 e. The summed E-state index contributed by atoms with van der Waals surface area (Å²) < 4.78 is 0. The monoisotopic (exact) mass is 420 g/mol. The van der Waals surface area contributed by atoms with E-state index in [1.165, 1.54) is 16.7 Å². The first-order valence-corrected chi connectivity index (χ1v) is 10.2. The Morgan fingerprint density at radius 2 is 1.34 bits per heavy atom. The van der Waals surface area contributed by atoms with Gasteiger partial charge in [0.25, 0.3) is 0 Å². The highest BCUT2D eigenvalue weighted by molar-refractivity contribution is 6.31. The predicted molar refractivity (Wildman–Crippen MR) is 119 cm³/mol. The zero-order valence-corrected chi connectivity index (χ0v) is 17.0. The van der Waals surface area contributed by atoms with Gasteiger partial charge < -0.3 is 9.97 Å². The van der Waals surface area contributed by atoms with Crippen LogP contribution in [0.3, 0.4) is 0 Å². The number of hydrogen-bond donors (Lipinski definition) is 2. The van der Waals surface area contributed by atoms with Gasteiger partial charge in [-0.15, -0.1) is 0 Å². The third kappa shape index (κ3) is 3.50. The largest absolute Gasteiger partial charge is 0.346 e. The van der Waals surface area contributed by atoms with E-state index in [1.54, 1.807) is 12.4 Å². The Morgan fingerprint density at radius 1 is 0.793 bits per heavy atom. The van der Waals surface area contributed by atoms with Crippen molar-refractivity contribution in [3.05, 3.63) is 94.0 Å². The molecule has 144 valence electrons. The predicted octanol–water partition coefficient (Wildman–Crippen LogP) is 6.51. The Morgan fingerprint density at radius 3 is 1.90 bits per heavy atom. The smallest absolute Gasteiger partial charge is 0.137 e. The molecule has 0 aliphatic rings. The van der Waals surface area contributed by atoms with Crippen LogP contribution in [0.4, 0.5) is 0 Å². The molecule has 0 bridgehead atoms. The summed E-state index contributed by atoms with van der Waals surface area (Å²) >= 11 is 12.5. The number of aromatic amines is 2. The van der Waals surface area contributed by atoms with E-state index < -0.39 is 0 Å². The molecule has 5 rings (SSSR count). The minimum atomic E-state index is 0.137. The van der Waals surface area contributed by atoms with Crippen molar-refractivity contribution in [1.82, 2.24) is 19.9 Å². The molecule has 0 fully saturated rings. The summed E-state index contributed by atoms with van der Waals surface area (Å²) in [4.78, 5) is 15.4. The fourth-order valence-electron chi connectivity index (χ4n) is 4.01. The van der Waals surface area contributed by atoms with Gasteiger partial charge in [-0.1, -0.05) is 53.5 Å². The summed E-state index contributed by atoms with van der Waals surface area (Å²) in [5, 5.41) is 3.34. The van der Waals surface area contributed by atoms with Crippen LogP contribution in [-0.4, -0.2) is 19.9 Å². The Kier molecular flexibility index (Phi) is 4.74. The van der Waals surface area contributed by atoms with Crippen molar-refractivity contribution in [3.63, 3.8) is 0 Å². The number of aromatic nitrogens is 4. The summed E-state index contributed by atoms with van der Waals surface area (Å²) in [6.07, 6.45) is 9.30. The number of nitrogens with zero attached hydrogens (tertiary/aromatic N) is 2. The molecule has 4 nitrogen and oxygen atoms in total. The molecule has 4 heterocycles. The highest BCUT2D eigenvalue weighted by atomic mass is 35.5. The van der Waals surface area contributed by atoms with Crippen LogP contribution in [0, 0.1) is 0 Å². The van der Waals surface area contributed by atoms with Crippen LogP contribution in [-0.2, 0) is 6.42 Å². The molecular formula is C23H18Cl2N4. The lowest BCUT2D eigenvalue weighted by atomic mass is 9.86. The number of benzene rings is 1. The van der Waals surface area contributed by atoms with Crippen LogP contribution >= 0.6 is 23.2 Å². The van der Waals surface area contributed by atoms with Gasteiger partial charge in [-0.05, 0) is 41.7 Å². The quantitative estimate of drug-likeness (QED) is 0.340. The molecule has 0 radical (unpaired) electrons. The van der Waals surface area contributed by atoms with E-state index in [0.717, 1.165) is 34.9 Å². The van der Waals surface area contributed by atoms with E-state index in [2.05, 4.69) is 44.2 Å². The highest BCUT2D eigenvalue weighted by Crippen LogP contribution is 2.38. The molecule has 0 aliphatic heterocycles. The molecule has 0 aliphatic carbocycles. The topological polar surface area (TPSA) is 57.4 Å². The van der Waals surface area contributed by atoms with Gasteiger partial charge in [-0.2, -0.15) is 0 Å². The van der Waals surface area contributed by atoms with Crippen molar-refractivity contribution in [2.24, 2.45) is 0 Å². The van der Waals surface area contributed by atoms with Gasteiger partial charge >= 0.3 is 0 Å². The number of rotatable bonds is 5. The maximum absolute atomic E-state index is 6.26. The van der Waals surface area contributed by atoms with Crippen LogP contribution < -0.4 is 0 Å². The van der Waals surface area contributed by atoms with Gasteiger partial charge in [0.05, 0.1) is 10.0 Å². The van der Waals surface area contributed by atoms with Gasteiger partial charge in [0.1, 0.15) is 11.3 Å². The van der Waals surface area contributed by atoms with Crippen molar-refractivity contribution in [2.75, 3.05) is 0 Å². The first-order chi connectivity index (χ1) is 14.2. The number of aryl methyl sites for hydroxylation is 1. The average molecular weight is 421 g/mol. The molecule has 5 aromatic rings. The molecule has 0 amide bonds. The van der Waals surface area contributed by atoms with Crippen LogP contribution in [0.5, 0.6) is 0 Å². The second kappa shape index (κ2) is 7.54. The molecule has 0 atom stereocenters. The van der Waals surface area contributed by atoms with Gasteiger partial charge in [0, 0.05) is 41.5 Å². The molecule has 6 heteroatoms. The SMILES string of the molecule is Clc1cnc2[nH]cc(C(CCc3ccccc3)c3c[nH]c4ncc(Cl)cc34)c2c1. The van der Waals surface area contributed by atoms with Gasteiger partial charge in [0.15, 0.2) is 0 Å². The molecule has 2 N–H and O–H groups in total. The molecule has 4 aromatic heterocycles. The lowest BCUT2D eigenvalue weighted by Gasteiger charge is -2.17. The molecular weight excluding hydrogens is 403 g/mol. The molecule has 29 heavy (non-hydrogen) atoms.